The van der Waals surface area contributed by atoms with Crippen LogP contribution in [0.1, 0.15) is 51.3 Å². The van der Waals surface area contributed by atoms with E-state index in [1.165, 1.54) is 0 Å². The molecule has 120 valence electrons. The summed E-state index contributed by atoms with van der Waals surface area (Å²) in [5.41, 5.74) is 6.88. The highest BCUT2D eigenvalue weighted by molar-refractivity contribution is 5.03. The summed E-state index contributed by atoms with van der Waals surface area (Å²) in [7, 11) is 0. The molecule has 3 nitrogen and oxygen atoms in total. The molecule has 3 unspecified atom stereocenters. The molecule has 1 aromatic rings. The fourth-order valence-corrected chi connectivity index (χ4v) is 3.25. The Morgan fingerprint density at radius 1 is 1.33 bits per heavy atom. The first-order valence-electron chi connectivity index (χ1n) is 7.65. The van der Waals surface area contributed by atoms with E-state index in [1.807, 2.05) is 30.8 Å². The first-order chi connectivity index (χ1) is 9.79. The maximum absolute atomic E-state index is 13.1. The van der Waals surface area contributed by atoms with Crippen LogP contribution in [0.2, 0.25) is 0 Å². The topological polar surface area (TPSA) is 43.8 Å². The third kappa shape index (κ3) is 3.99. The van der Waals surface area contributed by atoms with Crippen molar-refractivity contribution in [3.63, 3.8) is 0 Å². The minimum absolute atomic E-state index is 0.211. The van der Waals surface area contributed by atoms with Crippen molar-refractivity contribution in [3.8, 4) is 0 Å². The van der Waals surface area contributed by atoms with E-state index in [1.54, 1.807) is 0 Å². The van der Waals surface area contributed by atoms with Gasteiger partial charge in [0.1, 0.15) is 0 Å². The Morgan fingerprint density at radius 3 is 2.57 bits per heavy atom. The smallest absolute Gasteiger partial charge is 0.327 e. The van der Waals surface area contributed by atoms with E-state index < -0.39 is 24.1 Å². The number of alkyl halides is 3. The minimum atomic E-state index is -4.14. The van der Waals surface area contributed by atoms with Crippen LogP contribution < -0.4 is 5.73 Å². The lowest BCUT2D eigenvalue weighted by Gasteiger charge is -2.36. The molecular formula is C15H24F3N3. The molecule has 6 heteroatoms. The predicted molar refractivity (Wildman–Crippen MR) is 75.8 cm³/mol. The van der Waals surface area contributed by atoms with Crippen molar-refractivity contribution in [1.82, 2.24) is 9.78 Å². The standard InChI is InChI=1S/C15H24F3N3/c1-10(2)21-8-7-11(20-21)9-14(19)12-5-3-4-6-13(12)15(16,17)18/h7-8,10,12-14H,3-6,9,19H2,1-2H3. The number of nitrogens with zero attached hydrogens (tertiary/aromatic N) is 2. The predicted octanol–water partition coefficient (Wildman–Crippen LogP) is 3.70. The summed E-state index contributed by atoms with van der Waals surface area (Å²) in [5, 5.41) is 4.39. The van der Waals surface area contributed by atoms with Gasteiger partial charge < -0.3 is 5.73 Å². The molecule has 3 atom stereocenters. The summed E-state index contributed by atoms with van der Waals surface area (Å²) in [4.78, 5) is 0. The molecule has 1 saturated carbocycles. The molecule has 0 saturated heterocycles. The number of hydrogen-bond donors (Lipinski definition) is 1. The fraction of sp³-hybridized carbons (Fsp3) is 0.800. The molecule has 1 aliphatic carbocycles. The Labute approximate surface area is 123 Å². The first-order valence-corrected chi connectivity index (χ1v) is 7.65. The average molecular weight is 303 g/mol. The van der Waals surface area contributed by atoms with Gasteiger partial charge in [-0.3, -0.25) is 4.68 Å². The molecule has 1 aromatic heterocycles. The van der Waals surface area contributed by atoms with Crippen LogP contribution in [0.15, 0.2) is 12.3 Å². The Hall–Kier alpha value is -1.04. The molecule has 1 fully saturated rings. The Balaban J connectivity index is 2.04. The number of aromatic nitrogens is 2. The lowest BCUT2D eigenvalue weighted by Crippen LogP contribution is -2.44. The van der Waals surface area contributed by atoms with Gasteiger partial charge in [0.15, 0.2) is 0 Å². The summed E-state index contributed by atoms with van der Waals surface area (Å²) >= 11 is 0. The second kappa shape index (κ2) is 6.38. The van der Waals surface area contributed by atoms with E-state index >= 15 is 0 Å². The molecule has 0 amide bonds. The van der Waals surface area contributed by atoms with E-state index in [2.05, 4.69) is 5.10 Å². The van der Waals surface area contributed by atoms with E-state index in [0.717, 1.165) is 12.1 Å². The van der Waals surface area contributed by atoms with Crippen molar-refractivity contribution < 1.29 is 13.2 Å². The van der Waals surface area contributed by atoms with Gasteiger partial charge in [-0.15, -0.1) is 0 Å². The molecule has 0 bridgehead atoms. The molecule has 2 rings (SSSR count). The summed E-state index contributed by atoms with van der Waals surface area (Å²) in [6, 6.07) is 1.62. The van der Waals surface area contributed by atoms with Crippen molar-refractivity contribution in [1.29, 1.82) is 0 Å². The summed E-state index contributed by atoms with van der Waals surface area (Å²) < 4.78 is 41.2. The third-order valence-corrected chi connectivity index (χ3v) is 4.43. The lowest BCUT2D eigenvalue weighted by atomic mass is 9.74. The molecule has 1 heterocycles. The van der Waals surface area contributed by atoms with Crippen molar-refractivity contribution in [2.75, 3.05) is 0 Å². The van der Waals surface area contributed by atoms with Crippen molar-refractivity contribution in [3.05, 3.63) is 18.0 Å². The van der Waals surface area contributed by atoms with Gasteiger partial charge in [0, 0.05) is 24.7 Å². The van der Waals surface area contributed by atoms with Crippen LogP contribution in [0.25, 0.3) is 0 Å². The average Bonchev–Trinajstić information content (AvgIpc) is 2.86. The van der Waals surface area contributed by atoms with Gasteiger partial charge in [0.25, 0.3) is 0 Å². The van der Waals surface area contributed by atoms with Crippen LogP contribution in [0, 0.1) is 11.8 Å². The van der Waals surface area contributed by atoms with Crippen LogP contribution in [-0.2, 0) is 6.42 Å². The highest BCUT2D eigenvalue weighted by atomic mass is 19.4. The maximum Gasteiger partial charge on any atom is 0.392 e. The molecule has 21 heavy (non-hydrogen) atoms. The van der Waals surface area contributed by atoms with Crippen LogP contribution in [0.5, 0.6) is 0 Å². The van der Waals surface area contributed by atoms with Gasteiger partial charge in [0.2, 0.25) is 0 Å². The van der Waals surface area contributed by atoms with Gasteiger partial charge in [-0.2, -0.15) is 18.3 Å². The normalized spacial score (nSPS) is 25.3. The van der Waals surface area contributed by atoms with Crippen molar-refractivity contribution >= 4 is 0 Å². The van der Waals surface area contributed by atoms with Gasteiger partial charge in [-0.25, -0.2) is 0 Å². The van der Waals surface area contributed by atoms with Crippen LogP contribution in [0.3, 0.4) is 0 Å². The first kappa shape index (κ1) is 16.3. The maximum atomic E-state index is 13.1. The minimum Gasteiger partial charge on any atom is -0.327 e. The number of nitrogens with two attached hydrogens (primary N) is 1. The van der Waals surface area contributed by atoms with Gasteiger partial charge >= 0.3 is 6.18 Å². The molecule has 0 aliphatic heterocycles. The number of hydrogen-bond acceptors (Lipinski definition) is 2. The van der Waals surface area contributed by atoms with Crippen molar-refractivity contribution in [2.24, 2.45) is 17.6 Å². The monoisotopic (exact) mass is 303 g/mol. The molecular weight excluding hydrogens is 279 g/mol. The van der Waals surface area contributed by atoms with E-state index in [0.29, 0.717) is 19.3 Å². The van der Waals surface area contributed by atoms with Gasteiger partial charge in [0.05, 0.1) is 11.6 Å². The van der Waals surface area contributed by atoms with Gasteiger partial charge in [-0.1, -0.05) is 12.8 Å². The lowest BCUT2D eigenvalue weighted by molar-refractivity contribution is -0.198. The zero-order chi connectivity index (χ0) is 15.6. The summed E-state index contributed by atoms with van der Waals surface area (Å²) in [6.45, 7) is 4.02. The van der Waals surface area contributed by atoms with Crippen molar-refractivity contribution in [2.45, 2.75) is 64.2 Å². The highest BCUT2D eigenvalue weighted by Crippen LogP contribution is 2.42. The number of halogens is 3. The summed E-state index contributed by atoms with van der Waals surface area (Å²) in [5.74, 6) is -1.74. The molecule has 0 aromatic carbocycles. The van der Waals surface area contributed by atoms with Crippen LogP contribution in [-0.4, -0.2) is 22.0 Å². The largest absolute Gasteiger partial charge is 0.392 e. The Morgan fingerprint density at radius 2 is 2.00 bits per heavy atom. The summed E-state index contributed by atoms with van der Waals surface area (Å²) in [6.07, 6.45) is 0.394. The molecule has 0 radical (unpaired) electrons. The second-order valence-corrected chi connectivity index (χ2v) is 6.35. The zero-order valence-corrected chi connectivity index (χ0v) is 12.6. The Bertz CT molecular complexity index is 453. The van der Waals surface area contributed by atoms with E-state index in [-0.39, 0.29) is 12.5 Å². The second-order valence-electron chi connectivity index (χ2n) is 6.35. The van der Waals surface area contributed by atoms with E-state index in [9.17, 15) is 13.2 Å². The van der Waals surface area contributed by atoms with Crippen LogP contribution in [0.4, 0.5) is 13.2 Å². The fourth-order valence-electron chi connectivity index (χ4n) is 3.25. The zero-order valence-electron chi connectivity index (χ0n) is 12.6. The highest BCUT2D eigenvalue weighted by Gasteiger charge is 2.47. The third-order valence-electron chi connectivity index (χ3n) is 4.43. The van der Waals surface area contributed by atoms with Crippen LogP contribution >= 0.6 is 0 Å². The SMILES string of the molecule is CC(C)n1ccc(CC(N)C2CCCCC2C(F)(F)F)n1. The van der Waals surface area contributed by atoms with Gasteiger partial charge in [-0.05, 0) is 38.7 Å². The molecule has 2 N–H and O–H groups in total. The Kier molecular flexibility index (Phi) is 4.96. The quantitative estimate of drug-likeness (QED) is 0.921. The molecule has 1 aliphatic rings. The molecule has 0 spiro atoms. The van der Waals surface area contributed by atoms with E-state index in [4.69, 9.17) is 5.73 Å². The number of rotatable bonds is 4.